The molecule has 1 aromatic heterocycles. The number of carboxylic acid groups (broad SMARTS) is 1. The van der Waals surface area contributed by atoms with E-state index in [0.717, 1.165) is 5.56 Å². The van der Waals surface area contributed by atoms with Gasteiger partial charge in [-0.25, -0.2) is 4.79 Å². The van der Waals surface area contributed by atoms with E-state index < -0.39 is 11.9 Å². The summed E-state index contributed by atoms with van der Waals surface area (Å²) in [5, 5.41) is 11.8. The number of benzene rings is 1. The van der Waals surface area contributed by atoms with Gasteiger partial charge in [0, 0.05) is 0 Å². The van der Waals surface area contributed by atoms with Gasteiger partial charge in [0.15, 0.2) is 0 Å². The van der Waals surface area contributed by atoms with Crippen molar-refractivity contribution in [2.24, 2.45) is 0 Å². The van der Waals surface area contributed by atoms with Gasteiger partial charge < -0.3 is 14.8 Å². The Labute approximate surface area is 109 Å². The van der Waals surface area contributed by atoms with E-state index in [1.54, 1.807) is 13.8 Å². The van der Waals surface area contributed by atoms with Crippen molar-refractivity contribution in [1.29, 1.82) is 0 Å². The normalized spacial score (nSPS) is 10.2. The van der Waals surface area contributed by atoms with Gasteiger partial charge in [-0.05, 0) is 37.1 Å². The third-order valence-corrected chi connectivity index (χ3v) is 2.73. The largest absolute Gasteiger partial charge is 0.478 e. The average molecular weight is 259 g/mol. The third-order valence-electron chi connectivity index (χ3n) is 2.73. The summed E-state index contributed by atoms with van der Waals surface area (Å²) in [6.45, 7) is 3.56. The van der Waals surface area contributed by atoms with Gasteiger partial charge in [0.2, 0.25) is 0 Å². The number of amides is 1. The minimum atomic E-state index is -1.07. The molecule has 0 fully saturated rings. The average Bonchev–Trinajstić information content (AvgIpc) is 2.85. The maximum absolute atomic E-state index is 11.9. The molecule has 0 bridgehead atoms. The topological polar surface area (TPSA) is 79.5 Å². The second kappa shape index (κ2) is 4.97. The Hall–Kier alpha value is -2.56. The fourth-order valence-corrected chi connectivity index (χ4v) is 1.88. The van der Waals surface area contributed by atoms with Crippen molar-refractivity contribution in [2.45, 2.75) is 13.8 Å². The quantitative estimate of drug-likeness (QED) is 0.888. The van der Waals surface area contributed by atoms with Gasteiger partial charge in [0.25, 0.3) is 5.91 Å². The number of carbonyl (C=O) groups excluding carboxylic acids is 1. The molecule has 0 aliphatic heterocycles. The molecule has 5 nitrogen and oxygen atoms in total. The zero-order chi connectivity index (χ0) is 14.0. The van der Waals surface area contributed by atoms with Crippen LogP contribution in [0.5, 0.6) is 0 Å². The van der Waals surface area contributed by atoms with E-state index in [1.807, 2.05) is 6.07 Å². The second-order valence-electron chi connectivity index (χ2n) is 4.28. The van der Waals surface area contributed by atoms with Crippen molar-refractivity contribution in [3.05, 3.63) is 53.0 Å². The molecule has 98 valence electrons. The molecule has 2 rings (SSSR count). The first kappa shape index (κ1) is 12.9. The lowest BCUT2D eigenvalue weighted by Crippen LogP contribution is -2.15. The Morgan fingerprint density at radius 3 is 2.58 bits per heavy atom. The predicted molar refractivity (Wildman–Crippen MR) is 69.5 cm³/mol. The molecular weight excluding hydrogens is 246 g/mol. The molecule has 1 amide bonds. The van der Waals surface area contributed by atoms with Crippen molar-refractivity contribution in [2.75, 3.05) is 5.32 Å². The first-order valence-electron chi connectivity index (χ1n) is 5.67. The first-order valence-corrected chi connectivity index (χ1v) is 5.67. The Bertz CT molecular complexity index is 629. The number of carbonyl (C=O) groups is 2. The first-order chi connectivity index (χ1) is 8.99. The van der Waals surface area contributed by atoms with Crippen molar-refractivity contribution < 1.29 is 19.1 Å². The lowest BCUT2D eigenvalue weighted by molar-refractivity contribution is 0.0698. The van der Waals surface area contributed by atoms with E-state index in [2.05, 4.69) is 5.32 Å². The van der Waals surface area contributed by atoms with E-state index >= 15 is 0 Å². The van der Waals surface area contributed by atoms with E-state index in [9.17, 15) is 14.7 Å². The summed E-state index contributed by atoms with van der Waals surface area (Å²) < 4.78 is 4.82. The number of hydrogen-bond donors (Lipinski definition) is 2. The number of aryl methyl sites for hydroxylation is 2. The highest BCUT2D eigenvalue weighted by Gasteiger charge is 2.16. The van der Waals surface area contributed by atoms with Crippen molar-refractivity contribution in [3.63, 3.8) is 0 Å². The van der Waals surface area contributed by atoms with Crippen LogP contribution in [0.1, 0.15) is 31.8 Å². The molecule has 5 heteroatoms. The van der Waals surface area contributed by atoms with Crippen LogP contribution in [0.3, 0.4) is 0 Å². The molecule has 0 aliphatic carbocycles. The smallest absolute Gasteiger partial charge is 0.337 e. The number of furan rings is 1. The molecule has 19 heavy (non-hydrogen) atoms. The van der Waals surface area contributed by atoms with Crippen molar-refractivity contribution >= 4 is 17.6 Å². The molecule has 2 N–H and O–H groups in total. The Morgan fingerprint density at radius 1 is 1.26 bits per heavy atom. The molecule has 1 aromatic carbocycles. The van der Waals surface area contributed by atoms with E-state index in [1.165, 1.54) is 24.7 Å². The second-order valence-corrected chi connectivity index (χ2v) is 4.28. The minimum Gasteiger partial charge on any atom is -0.478 e. The summed E-state index contributed by atoms with van der Waals surface area (Å²) in [6.07, 6.45) is 2.69. The number of aromatic carboxylic acids is 1. The highest BCUT2D eigenvalue weighted by Crippen LogP contribution is 2.23. The zero-order valence-electron chi connectivity index (χ0n) is 10.6. The lowest BCUT2D eigenvalue weighted by atomic mass is 10.0. The van der Waals surface area contributed by atoms with Crippen LogP contribution in [-0.4, -0.2) is 17.0 Å². The number of rotatable bonds is 3. The summed E-state index contributed by atoms with van der Waals surface area (Å²) in [5.74, 6) is -1.47. The van der Waals surface area contributed by atoms with E-state index in [0.29, 0.717) is 16.8 Å². The Morgan fingerprint density at radius 2 is 2.00 bits per heavy atom. The highest BCUT2D eigenvalue weighted by molar-refractivity contribution is 6.08. The molecule has 0 aliphatic rings. The number of anilines is 1. The SMILES string of the molecule is Cc1cc(C)c(NC(=O)c2ccoc2)c(C(=O)O)c1. The summed E-state index contributed by atoms with van der Waals surface area (Å²) >= 11 is 0. The fraction of sp³-hybridized carbons (Fsp3) is 0.143. The van der Waals surface area contributed by atoms with Gasteiger partial charge in [-0.15, -0.1) is 0 Å². The molecule has 2 aromatic rings. The van der Waals surface area contributed by atoms with Crippen LogP contribution in [0.15, 0.2) is 35.1 Å². The van der Waals surface area contributed by atoms with Crippen LogP contribution in [0.2, 0.25) is 0 Å². The summed E-state index contributed by atoms with van der Waals surface area (Å²) in [6, 6.07) is 4.86. The summed E-state index contributed by atoms with van der Waals surface area (Å²) in [7, 11) is 0. The molecule has 0 radical (unpaired) electrons. The van der Waals surface area contributed by atoms with Crippen molar-refractivity contribution in [1.82, 2.24) is 0 Å². The molecule has 1 heterocycles. The summed E-state index contributed by atoms with van der Waals surface area (Å²) in [4.78, 5) is 23.1. The van der Waals surface area contributed by atoms with Gasteiger partial charge in [0.1, 0.15) is 6.26 Å². The molecule has 0 unspecified atom stereocenters. The van der Waals surface area contributed by atoms with Crippen LogP contribution >= 0.6 is 0 Å². The van der Waals surface area contributed by atoms with Gasteiger partial charge in [-0.3, -0.25) is 4.79 Å². The van der Waals surface area contributed by atoms with Gasteiger partial charge in [-0.2, -0.15) is 0 Å². The predicted octanol–water partition coefficient (Wildman–Crippen LogP) is 2.85. The molecule has 0 spiro atoms. The standard InChI is InChI=1S/C14H13NO4/c1-8-5-9(2)12(11(6-8)14(17)18)15-13(16)10-3-4-19-7-10/h3-7H,1-2H3,(H,15,16)(H,17,18). The Kier molecular flexibility index (Phi) is 3.37. The van der Waals surface area contributed by atoms with E-state index in [-0.39, 0.29) is 5.56 Å². The van der Waals surface area contributed by atoms with Gasteiger partial charge in [-0.1, -0.05) is 6.07 Å². The van der Waals surface area contributed by atoms with Crippen LogP contribution in [0.4, 0.5) is 5.69 Å². The molecule has 0 saturated carbocycles. The monoisotopic (exact) mass is 259 g/mol. The number of hydrogen-bond acceptors (Lipinski definition) is 3. The molecular formula is C14H13NO4. The van der Waals surface area contributed by atoms with Crippen LogP contribution in [0.25, 0.3) is 0 Å². The van der Waals surface area contributed by atoms with Crippen LogP contribution in [0, 0.1) is 13.8 Å². The molecule has 0 saturated heterocycles. The molecule has 0 atom stereocenters. The van der Waals surface area contributed by atoms with Crippen molar-refractivity contribution in [3.8, 4) is 0 Å². The van der Waals surface area contributed by atoms with Gasteiger partial charge in [0.05, 0.1) is 23.1 Å². The minimum absolute atomic E-state index is 0.0781. The fourth-order valence-electron chi connectivity index (χ4n) is 1.88. The summed E-state index contributed by atoms with van der Waals surface area (Å²) in [5.41, 5.74) is 2.26. The maximum Gasteiger partial charge on any atom is 0.337 e. The third kappa shape index (κ3) is 2.65. The lowest BCUT2D eigenvalue weighted by Gasteiger charge is -2.12. The maximum atomic E-state index is 11.9. The Balaban J connectivity index is 2.39. The number of carboxylic acids is 1. The zero-order valence-corrected chi connectivity index (χ0v) is 10.6. The van der Waals surface area contributed by atoms with Crippen LogP contribution in [-0.2, 0) is 0 Å². The number of nitrogens with one attached hydrogen (secondary N) is 1. The highest BCUT2D eigenvalue weighted by atomic mass is 16.4. The van der Waals surface area contributed by atoms with E-state index in [4.69, 9.17) is 4.42 Å². The van der Waals surface area contributed by atoms with Crippen LogP contribution < -0.4 is 5.32 Å². The van der Waals surface area contributed by atoms with Gasteiger partial charge >= 0.3 is 5.97 Å².